The smallest absolute Gasteiger partial charge is 0.310 e. The number of carbonyl (C=O) groups excluding carboxylic acids is 1. The number of rotatable bonds is 4. The van der Waals surface area contributed by atoms with Crippen LogP contribution in [0.3, 0.4) is 0 Å². The maximum atomic E-state index is 11.3. The highest BCUT2D eigenvalue weighted by Gasteiger charge is 2.17. The molecule has 0 radical (unpaired) electrons. The van der Waals surface area contributed by atoms with Crippen molar-refractivity contribution in [1.29, 1.82) is 0 Å². The van der Waals surface area contributed by atoms with Crippen molar-refractivity contribution in [3.05, 3.63) is 32.3 Å². The number of hydrogen-bond donors (Lipinski definition) is 1. The lowest BCUT2D eigenvalue weighted by molar-refractivity contribution is -0.385. The zero-order chi connectivity index (χ0) is 13.0. The summed E-state index contributed by atoms with van der Waals surface area (Å²) in [5.74, 6) is -0.462. The van der Waals surface area contributed by atoms with Crippen LogP contribution < -0.4 is 5.73 Å². The molecule has 17 heavy (non-hydrogen) atoms. The molecule has 0 atom stereocenters. The van der Waals surface area contributed by atoms with Crippen molar-refractivity contribution in [3.8, 4) is 0 Å². The van der Waals surface area contributed by atoms with E-state index in [9.17, 15) is 14.9 Å². The van der Waals surface area contributed by atoms with Crippen molar-refractivity contribution in [3.63, 3.8) is 0 Å². The van der Waals surface area contributed by atoms with Gasteiger partial charge in [0.15, 0.2) is 0 Å². The van der Waals surface area contributed by atoms with Crippen LogP contribution in [-0.4, -0.2) is 17.5 Å². The molecule has 1 aromatic rings. The average Bonchev–Trinajstić information content (AvgIpc) is 2.21. The van der Waals surface area contributed by atoms with Crippen LogP contribution in [-0.2, 0) is 16.0 Å². The van der Waals surface area contributed by atoms with Crippen LogP contribution in [0.4, 0.5) is 11.4 Å². The van der Waals surface area contributed by atoms with E-state index in [0.29, 0.717) is 11.3 Å². The number of ether oxygens (including phenoxy) is 1. The van der Waals surface area contributed by atoms with E-state index in [1.165, 1.54) is 12.1 Å². The lowest BCUT2D eigenvalue weighted by Gasteiger charge is -2.06. The van der Waals surface area contributed by atoms with Gasteiger partial charge < -0.3 is 10.5 Å². The van der Waals surface area contributed by atoms with Gasteiger partial charge in [-0.05, 0) is 34.5 Å². The number of nitro groups is 1. The van der Waals surface area contributed by atoms with Crippen LogP contribution in [0.2, 0.25) is 0 Å². The summed E-state index contributed by atoms with van der Waals surface area (Å²) in [6.07, 6.45) is -0.0756. The van der Waals surface area contributed by atoms with Crippen molar-refractivity contribution < 1.29 is 14.5 Å². The van der Waals surface area contributed by atoms with Gasteiger partial charge in [-0.3, -0.25) is 14.9 Å². The van der Waals surface area contributed by atoms with Gasteiger partial charge in [0, 0.05) is 11.8 Å². The summed E-state index contributed by atoms with van der Waals surface area (Å²) in [5, 5.41) is 10.7. The molecular weight excluding hydrogens is 292 g/mol. The number of hydrogen-bond acceptors (Lipinski definition) is 5. The molecule has 0 bridgehead atoms. The predicted molar refractivity (Wildman–Crippen MR) is 65.5 cm³/mol. The Hall–Kier alpha value is -1.63. The van der Waals surface area contributed by atoms with E-state index in [1.54, 1.807) is 6.92 Å². The monoisotopic (exact) mass is 302 g/mol. The van der Waals surface area contributed by atoms with Crippen LogP contribution in [0.1, 0.15) is 12.5 Å². The molecule has 0 saturated carbocycles. The molecule has 1 aromatic carbocycles. The first-order valence-electron chi connectivity index (χ1n) is 4.83. The van der Waals surface area contributed by atoms with E-state index in [1.807, 2.05) is 0 Å². The molecule has 0 aliphatic carbocycles. The summed E-state index contributed by atoms with van der Waals surface area (Å²) < 4.78 is 5.04. The summed E-state index contributed by atoms with van der Waals surface area (Å²) in [7, 11) is 0. The van der Waals surface area contributed by atoms with Gasteiger partial charge in [0.1, 0.15) is 0 Å². The Morgan fingerprint density at radius 1 is 1.59 bits per heavy atom. The van der Waals surface area contributed by atoms with E-state index < -0.39 is 10.9 Å². The minimum absolute atomic E-state index is 0.0756. The zero-order valence-corrected chi connectivity index (χ0v) is 10.7. The van der Waals surface area contributed by atoms with Gasteiger partial charge in [0.2, 0.25) is 0 Å². The lowest BCUT2D eigenvalue weighted by atomic mass is 10.1. The molecule has 0 aliphatic heterocycles. The van der Waals surface area contributed by atoms with Crippen LogP contribution in [0.15, 0.2) is 16.6 Å². The Kier molecular flexibility index (Phi) is 4.45. The topological polar surface area (TPSA) is 95.5 Å². The fraction of sp³-hybridized carbons (Fsp3) is 0.300. The van der Waals surface area contributed by atoms with E-state index in [2.05, 4.69) is 15.9 Å². The Balaban J connectivity index is 3.03. The minimum Gasteiger partial charge on any atom is -0.466 e. The summed E-state index contributed by atoms with van der Waals surface area (Å²) in [5.41, 5.74) is 6.25. The summed E-state index contributed by atoms with van der Waals surface area (Å²) in [6, 6.07) is 2.68. The molecule has 0 aliphatic rings. The fourth-order valence-corrected chi connectivity index (χ4v) is 1.79. The highest BCUT2D eigenvalue weighted by atomic mass is 79.9. The average molecular weight is 303 g/mol. The van der Waals surface area contributed by atoms with E-state index in [0.717, 1.165) is 0 Å². The number of halogens is 1. The summed E-state index contributed by atoms with van der Waals surface area (Å²) in [6.45, 7) is 1.95. The predicted octanol–water partition coefficient (Wildman–Crippen LogP) is 2.05. The summed E-state index contributed by atoms with van der Waals surface area (Å²) >= 11 is 3.04. The van der Waals surface area contributed by atoms with Gasteiger partial charge in [-0.15, -0.1) is 0 Å². The van der Waals surface area contributed by atoms with Crippen molar-refractivity contribution in [2.24, 2.45) is 0 Å². The van der Waals surface area contributed by atoms with Gasteiger partial charge in [-0.1, -0.05) is 0 Å². The van der Waals surface area contributed by atoms with Crippen molar-refractivity contribution in [2.45, 2.75) is 13.3 Å². The van der Waals surface area contributed by atoms with Crippen molar-refractivity contribution in [2.75, 3.05) is 12.3 Å². The molecule has 1 rings (SSSR count). The number of nitrogens with zero attached hydrogens (tertiary/aromatic N) is 1. The third-order valence-electron chi connectivity index (χ3n) is 2.05. The van der Waals surface area contributed by atoms with Gasteiger partial charge >= 0.3 is 5.97 Å². The second-order valence-electron chi connectivity index (χ2n) is 3.24. The maximum Gasteiger partial charge on any atom is 0.310 e. The number of benzene rings is 1. The molecule has 0 unspecified atom stereocenters. The Bertz CT molecular complexity index is 462. The number of nitro benzene ring substituents is 1. The largest absolute Gasteiger partial charge is 0.466 e. The highest BCUT2D eigenvalue weighted by Crippen LogP contribution is 2.30. The van der Waals surface area contributed by atoms with Gasteiger partial charge in [-0.25, -0.2) is 0 Å². The van der Waals surface area contributed by atoms with E-state index in [4.69, 9.17) is 10.5 Å². The van der Waals surface area contributed by atoms with Gasteiger partial charge in [0.25, 0.3) is 5.69 Å². The maximum absolute atomic E-state index is 11.3. The molecule has 0 heterocycles. The fourth-order valence-electron chi connectivity index (χ4n) is 1.28. The van der Waals surface area contributed by atoms with E-state index >= 15 is 0 Å². The Morgan fingerprint density at radius 2 is 2.24 bits per heavy atom. The quantitative estimate of drug-likeness (QED) is 0.397. The first-order chi connectivity index (χ1) is 7.95. The highest BCUT2D eigenvalue weighted by molar-refractivity contribution is 9.10. The first kappa shape index (κ1) is 13.4. The zero-order valence-electron chi connectivity index (χ0n) is 9.10. The lowest BCUT2D eigenvalue weighted by Crippen LogP contribution is -2.09. The Morgan fingerprint density at radius 3 is 2.76 bits per heavy atom. The third-order valence-corrected chi connectivity index (χ3v) is 2.68. The van der Waals surface area contributed by atoms with Crippen molar-refractivity contribution >= 4 is 33.3 Å². The molecular formula is C10H11BrN2O4. The number of carbonyl (C=O) groups is 1. The molecule has 0 amide bonds. The van der Waals surface area contributed by atoms with Crippen LogP contribution in [0, 0.1) is 10.1 Å². The second kappa shape index (κ2) is 5.62. The van der Waals surface area contributed by atoms with Crippen LogP contribution >= 0.6 is 15.9 Å². The molecule has 0 spiro atoms. The van der Waals surface area contributed by atoms with Gasteiger partial charge in [-0.2, -0.15) is 0 Å². The molecule has 2 N–H and O–H groups in total. The molecule has 0 fully saturated rings. The standard InChI is InChI=1S/C10H11BrN2O4/c1-2-17-10(14)4-6-3-9(13(15)16)7(11)5-8(6)12/h3,5H,2,4,12H2,1H3. The molecule has 0 aromatic heterocycles. The van der Waals surface area contributed by atoms with E-state index in [-0.39, 0.29) is 23.2 Å². The number of nitrogen functional groups attached to an aromatic ring is 1. The molecule has 6 nitrogen and oxygen atoms in total. The SMILES string of the molecule is CCOC(=O)Cc1cc([N+](=O)[O-])c(Br)cc1N. The first-order valence-corrected chi connectivity index (χ1v) is 5.63. The number of esters is 1. The molecule has 7 heteroatoms. The number of anilines is 1. The second-order valence-corrected chi connectivity index (χ2v) is 4.10. The third kappa shape index (κ3) is 3.42. The van der Waals surface area contributed by atoms with Crippen LogP contribution in [0.5, 0.6) is 0 Å². The van der Waals surface area contributed by atoms with Crippen LogP contribution in [0.25, 0.3) is 0 Å². The summed E-state index contributed by atoms with van der Waals surface area (Å²) in [4.78, 5) is 21.4. The minimum atomic E-state index is -0.543. The number of nitrogens with two attached hydrogens (primary N) is 1. The Labute approximate surface area is 106 Å². The molecule has 0 saturated heterocycles. The normalized spacial score (nSPS) is 10.0. The van der Waals surface area contributed by atoms with Crippen molar-refractivity contribution in [1.82, 2.24) is 0 Å². The molecule has 92 valence electrons. The van der Waals surface area contributed by atoms with Gasteiger partial charge in [0.05, 0.1) is 22.4 Å².